The maximum absolute atomic E-state index is 5.97. The lowest BCUT2D eigenvalue weighted by atomic mass is 9.98. The fourth-order valence-electron chi connectivity index (χ4n) is 1.75. The van der Waals surface area contributed by atoms with Crippen LogP contribution in [-0.2, 0) is 6.54 Å². The molecule has 15 heavy (non-hydrogen) atoms. The zero-order valence-electron chi connectivity index (χ0n) is 8.48. The van der Waals surface area contributed by atoms with Gasteiger partial charge in [-0.3, -0.25) is 0 Å². The fourth-order valence-corrected chi connectivity index (χ4v) is 1.75. The number of rotatable bonds is 2. The molecule has 2 rings (SSSR count). The van der Waals surface area contributed by atoms with Crippen molar-refractivity contribution in [2.45, 2.75) is 6.54 Å². The number of benzene rings is 2. The molecule has 0 fully saturated rings. The summed E-state index contributed by atoms with van der Waals surface area (Å²) in [6.07, 6.45) is 0. The highest BCUT2D eigenvalue weighted by Crippen LogP contribution is 2.29. The van der Waals surface area contributed by atoms with Crippen LogP contribution in [0, 0.1) is 0 Å². The molecule has 0 saturated carbocycles. The molecular weight excluding hydrogens is 184 g/mol. The molecule has 0 unspecified atom stereocenters. The predicted molar refractivity (Wildman–Crippen MR) is 64.2 cm³/mol. The summed E-state index contributed by atoms with van der Waals surface area (Å²) in [7, 11) is 0. The first kappa shape index (κ1) is 9.74. The highest BCUT2D eigenvalue weighted by molar-refractivity contribution is 5.79. The third-order valence-electron chi connectivity index (χ3n) is 2.47. The first-order valence-corrected chi connectivity index (χ1v) is 4.96. The molecule has 0 spiro atoms. The van der Waals surface area contributed by atoms with E-state index in [-0.39, 0.29) is 0 Å². The van der Waals surface area contributed by atoms with Gasteiger partial charge in [-0.25, -0.2) is 0 Å². The minimum atomic E-state index is 0.509. The Hall–Kier alpha value is -1.80. The average Bonchev–Trinajstić information content (AvgIpc) is 2.29. The van der Waals surface area contributed by atoms with Crippen LogP contribution in [0.25, 0.3) is 11.1 Å². The Morgan fingerprint density at radius 3 is 2.27 bits per heavy atom. The molecule has 0 radical (unpaired) electrons. The molecule has 2 heteroatoms. The van der Waals surface area contributed by atoms with Crippen LogP contribution in [0.15, 0.2) is 48.5 Å². The molecular formula is C13H14N2. The van der Waals surface area contributed by atoms with Crippen LogP contribution in [0.5, 0.6) is 0 Å². The summed E-state index contributed by atoms with van der Waals surface area (Å²) in [5.74, 6) is 0. The standard InChI is InChI=1S/C13H14N2/c14-9-11-7-4-8-12(15)13(11)10-5-2-1-3-6-10/h1-8H,9,14-15H2. The molecule has 76 valence electrons. The van der Waals surface area contributed by atoms with E-state index >= 15 is 0 Å². The van der Waals surface area contributed by atoms with Gasteiger partial charge in [0.25, 0.3) is 0 Å². The number of hydrogen-bond acceptors (Lipinski definition) is 2. The van der Waals surface area contributed by atoms with Gasteiger partial charge >= 0.3 is 0 Å². The van der Waals surface area contributed by atoms with E-state index in [0.29, 0.717) is 6.54 Å². The van der Waals surface area contributed by atoms with Gasteiger partial charge < -0.3 is 11.5 Å². The number of nitrogens with two attached hydrogens (primary N) is 2. The van der Waals surface area contributed by atoms with Gasteiger partial charge in [-0.05, 0) is 17.2 Å². The molecule has 0 aliphatic heterocycles. The summed E-state index contributed by atoms with van der Waals surface area (Å²) >= 11 is 0. The Morgan fingerprint density at radius 1 is 0.867 bits per heavy atom. The molecule has 0 aliphatic carbocycles. The van der Waals surface area contributed by atoms with E-state index in [1.54, 1.807) is 0 Å². The molecule has 2 aromatic rings. The number of anilines is 1. The summed E-state index contributed by atoms with van der Waals surface area (Å²) in [4.78, 5) is 0. The van der Waals surface area contributed by atoms with E-state index in [1.807, 2.05) is 48.5 Å². The molecule has 0 aromatic heterocycles. The van der Waals surface area contributed by atoms with Crippen molar-refractivity contribution < 1.29 is 0 Å². The van der Waals surface area contributed by atoms with Gasteiger partial charge in [-0.15, -0.1) is 0 Å². The van der Waals surface area contributed by atoms with Gasteiger partial charge in [0, 0.05) is 17.8 Å². The highest BCUT2D eigenvalue weighted by Gasteiger charge is 2.06. The Morgan fingerprint density at radius 2 is 1.60 bits per heavy atom. The van der Waals surface area contributed by atoms with Crippen LogP contribution < -0.4 is 11.5 Å². The molecule has 0 heterocycles. The van der Waals surface area contributed by atoms with E-state index in [4.69, 9.17) is 11.5 Å². The largest absolute Gasteiger partial charge is 0.398 e. The van der Waals surface area contributed by atoms with Crippen molar-refractivity contribution >= 4 is 5.69 Å². The van der Waals surface area contributed by atoms with Crippen LogP contribution in [0.3, 0.4) is 0 Å². The maximum atomic E-state index is 5.97. The third kappa shape index (κ3) is 1.85. The number of hydrogen-bond donors (Lipinski definition) is 2. The van der Waals surface area contributed by atoms with Gasteiger partial charge in [0.1, 0.15) is 0 Å². The second kappa shape index (κ2) is 4.15. The van der Waals surface area contributed by atoms with Gasteiger partial charge in [0.05, 0.1) is 0 Å². The third-order valence-corrected chi connectivity index (χ3v) is 2.47. The van der Waals surface area contributed by atoms with Crippen LogP contribution in [-0.4, -0.2) is 0 Å². The first-order valence-electron chi connectivity index (χ1n) is 4.96. The lowest BCUT2D eigenvalue weighted by Crippen LogP contribution is -2.01. The van der Waals surface area contributed by atoms with Gasteiger partial charge in [0.2, 0.25) is 0 Å². The van der Waals surface area contributed by atoms with Crippen molar-refractivity contribution in [2.24, 2.45) is 5.73 Å². The minimum Gasteiger partial charge on any atom is -0.398 e. The maximum Gasteiger partial charge on any atom is 0.0397 e. The van der Waals surface area contributed by atoms with Gasteiger partial charge in [-0.1, -0.05) is 42.5 Å². The van der Waals surface area contributed by atoms with Crippen molar-refractivity contribution in [2.75, 3.05) is 5.73 Å². The molecule has 0 amide bonds. The van der Waals surface area contributed by atoms with E-state index < -0.39 is 0 Å². The van der Waals surface area contributed by atoms with Crippen molar-refractivity contribution in [3.05, 3.63) is 54.1 Å². The summed E-state index contributed by atoms with van der Waals surface area (Å²) in [6.45, 7) is 0.509. The fraction of sp³-hybridized carbons (Fsp3) is 0.0769. The Labute approximate surface area is 89.5 Å². The lowest BCUT2D eigenvalue weighted by Gasteiger charge is -2.10. The normalized spacial score (nSPS) is 10.2. The van der Waals surface area contributed by atoms with Gasteiger partial charge in [0.15, 0.2) is 0 Å². The van der Waals surface area contributed by atoms with Crippen molar-refractivity contribution in [3.8, 4) is 11.1 Å². The minimum absolute atomic E-state index is 0.509. The second-order valence-electron chi connectivity index (χ2n) is 3.45. The second-order valence-corrected chi connectivity index (χ2v) is 3.45. The van der Waals surface area contributed by atoms with Crippen LogP contribution >= 0.6 is 0 Å². The van der Waals surface area contributed by atoms with Crippen LogP contribution in [0.2, 0.25) is 0 Å². The molecule has 0 bridgehead atoms. The Balaban J connectivity index is 2.61. The number of nitrogen functional groups attached to an aromatic ring is 1. The summed E-state index contributed by atoms with van der Waals surface area (Å²) in [5, 5.41) is 0. The van der Waals surface area contributed by atoms with E-state index in [1.165, 1.54) is 0 Å². The zero-order chi connectivity index (χ0) is 10.7. The summed E-state index contributed by atoms with van der Waals surface area (Å²) in [6, 6.07) is 15.9. The van der Waals surface area contributed by atoms with E-state index in [2.05, 4.69) is 0 Å². The van der Waals surface area contributed by atoms with Gasteiger partial charge in [-0.2, -0.15) is 0 Å². The van der Waals surface area contributed by atoms with E-state index in [0.717, 1.165) is 22.4 Å². The first-order chi connectivity index (χ1) is 7.33. The Kier molecular flexibility index (Phi) is 2.70. The molecule has 0 atom stereocenters. The molecule has 2 nitrogen and oxygen atoms in total. The molecule has 2 aromatic carbocycles. The lowest BCUT2D eigenvalue weighted by molar-refractivity contribution is 1.07. The molecule has 0 aliphatic rings. The average molecular weight is 198 g/mol. The summed E-state index contributed by atoms with van der Waals surface area (Å²) in [5.41, 5.74) is 15.7. The molecule has 0 saturated heterocycles. The summed E-state index contributed by atoms with van der Waals surface area (Å²) < 4.78 is 0. The topological polar surface area (TPSA) is 52.0 Å². The smallest absolute Gasteiger partial charge is 0.0397 e. The SMILES string of the molecule is NCc1cccc(N)c1-c1ccccc1. The van der Waals surface area contributed by atoms with Crippen LogP contribution in [0.4, 0.5) is 5.69 Å². The van der Waals surface area contributed by atoms with Crippen LogP contribution in [0.1, 0.15) is 5.56 Å². The van der Waals surface area contributed by atoms with E-state index in [9.17, 15) is 0 Å². The van der Waals surface area contributed by atoms with Crippen molar-refractivity contribution in [3.63, 3.8) is 0 Å². The van der Waals surface area contributed by atoms with Crippen molar-refractivity contribution in [1.29, 1.82) is 0 Å². The zero-order valence-corrected chi connectivity index (χ0v) is 8.48. The van der Waals surface area contributed by atoms with Crippen molar-refractivity contribution in [1.82, 2.24) is 0 Å². The Bertz CT molecular complexity index is 449. The molecule has 4 N–H and O–H groups in total. The predicted octanol–water partition coefficient (Wildman–Crippen LogP) is 2.39. The highest BCUT2D eigenvalue weighted by atomic mass is 14.6. The monoisotopic (exact) mass is 198 g/mol. The quantitative estimate of drug-likeness (QED) is 0.728.